The van der Waals surface area contributed by atoms with E-state index in [9.17, 15) is 17.2 Å². The molecule has 0 aromatic heterocycles. The van der Waals surface area contributed by atoms with E-state index >= 15 is 0 Å². The van der Waals surface area contributed by atoms with E-state index in [4.69, 9.17) is 0 Å². The third-order valence-electron chi connectivity index (χ3n) is 1.72. The molecule has 0 aromatic rings. The Kier molecular flexibility index (Phi) is 2.84. The highest BCUT2D eigenvalue weighted by Gasteiger charge is 2.32. The number of rotatable bonds is 3. The zero-order chi connectivity index (χ0) is 10.1. The van der Waals surface area contributed by atoms with Gasteiger partial charge in [0.15, 0.2) is 0 Å². The van der Waals surface area contributed by atoms with Crippen LogP contribution in [0.15, 0.2) is 5.10 Å². The summed E-state index contributed by atoms with van der Waals surface area (Å²) in [6, 6.07) is 0. The molecule has 4 nitrogen and oxygen atoms in total. The van der Waals surface area contributed by atoms with Crippen LogP contribution in [0.2, 0.25) is 0 Å². The van der Waals surface area contributed by atoms with E-state index in [1.54, 1.807) is 0 Å². The molecule has 0 saturated heterocycles. The molecule has 1 aliphatic carbocycles. The highest BCUT2D eigenvalue weighted by Crippen LogP contribution is 2.29. The molecule has 0 heterocycles. The molecule has 0 spiro atoms. The van der Waals surface area contributed by atoms with E-state index < -0.39 is 22.4 Å². The second kappa shape index (κ2) is 3.57. The lowest BCUT2D eigenvalue weighted by Gasteiger charge is -2.26. The van der Waals surface area contributed by atoms with E-state index in [0.29, 0.717) is 5.71 Å². The molecule has 7 heteroatoms. The summed E-state index contributed by atoms with van der Waals surface area (Å²) >= 11 is 0. The summed E-state index contributed by atoms with van der Waals surface area (Å²) in [7, 11) is -3.36. The van der Waals surface area contributed by atoms with Gasteiger partial charge in [-0.3, -0.25) is 0 Å². The molecule has 0 atom stereocenters. The Labute approximate surface area is 75.1 Å². The number of sulfonamides is 1. The Morgan fingerprint density at radius 2 is 2.08 bits per heavy atom. The van der Waals surface area contributed by atoms with E-state index in [1.807, 2.05) is 4.83 Å². The van der Waals surface area contributed by atoms with E-state index in [2.05, 4.69) is 5.10 Å². The van der Waals surface area contributed by atoms with Crippen molar-refractivity contribution in [2.45, 2.75) is 19.3 Å². The topological polar surface area (TPSA) is 58.5 Å². The number of hydrogen-bond acceptors (Lipinski definition) is 3. The van der Waals surface area contributed by atoms with Crippen LogP contribution in [0.5, 0.6) is 0 Å². The average molecular weight is 212 g/mol. The van der Waals surface area contributed by atoms with Crippen LogP contribution < -0.4 is 4.83 Å². The van der Waals surface area contributed by atoms with Crippen molar-refractivity contribution >= 4 is 15.7 Å². The minimum Gasteiger partial charge on any atom is -0.210 e. The van der Waals surface area contributed by atoms with E-state index in [-0.39, 0.29) is 12.8 Å². The Balaban J connectivity index is 2.35. The summed E-state index contributed by atoms with van der Waals surface area (Å²) in [5, 5.41) is 3.48. The van der Waals surface area contributed by atoms with Crippen molar-refractivity contribution < 1.29 is 17.2 Å². The van der Waals surface area contributed by atoms with Crippen molar-refractivity contribution in [2.24, 2.45) is 11.0 Å². The molecule has 0 aromatic carbocycles. The zero-order valence-electron chi connectivity index (χ0n) is 7.00. The Hall–Kier alpha value is -0.720. The predicted molar refractivity (Wildman–Crippen MR) is 44.1 cm³/mol. The lowest BCUT2D eigenvalue weighted by molar-refractivity contribution is 0.0716. The van der Waals surface area contributed by atoms with Gasteiger partial charge in [0.25, 0.3) is 0 Å². The molecule has 0 amide bonds. The fourth-order valence-corrected chi connectivity index (χ4v) is 1.26. The van der Waals surface area contributed by atoms with Gasteiger partial charge < -0.3 is 0 Å². The van der Waals surface area contributed by atoms with Gasteiger partial charge in [0, 0.05) is 11.6 Å². The van der Waals surface area contributed by atoms with Gasteiger partial charge in [-0.2, -0.15) is 5.10 Å². The van der Waals surface area contributed by atoms with Crippen molar-refractivity contribution in [3.8, 4) is 0 Å². The maximum atomic E-state index is 11.9. The third-order valence-corrected chi connectivity index (χ3v) is 2.14. The Morgan fingerprint density at radius 1 is 1.54 bits per heavy atom. The SMILES string of the molecule is CS(=O)(=O)NN=C1CC(C(F)F)C1. The fraction of sp³-hybridized carbons (Fsp3) is 0.833. The minimum atomic E-state index is -3.36. The lowest BCUT2D eigenvalue weighted by Crippen LogP contribution is -2.31. The third kappa shape index (κ3) is 3.25. The highest BCUT2D eigenvalue weighted by molar-refractivity contribution is 7.88. The molecule has 0 radical (unpaired) electrons. The van der Waals surface area contributed by atoms with Crippen molar-refractivity contribution in [2.75, 3.05) is 6.26 Å². The van der Waals surface area contributed by atoms with Gasteiger partial charge in [0.2, 0.25) is 16.4 Å². The monoisotopic (exact) mass is 212 g/mol. The summed E-state index contributed by atoms with van der Waals surface area (Å²) in [6.07, 6.45) is -1.02. The first kappa shape index (κ1) is 10.4. The smallest absolute Gasteiger partial charge is 0.210 e. The van der Waals surface area contributed by atoms with Crippen LogP contribution in [-0.2, 0) is 10.0 Å². The zero-order valence-corrected chi connectivity index (χ0v) is 7.81. The number of alkyl halides is 2. The maximum Gasteiger partial charge on any atom is 0.244 e. The van der Waals surface area contributed by atoms with Crippen molar-refractivity contribution in [1.29, 1.82) is 0 Å². The average Bonchev–Trinajstić information content (AvgIpc) is 1.79. The first-order chi connectivity index (χ1) is 5.88. The number of hydrogen-bond donors (Lipinski definition) is 1. The van der Waals surface area contributed by atoms with Crippen LogP contribution in [0.4, 0.5) is 8.78 Å². The van der Waals surface area contributed by atoms with Crippen molar-refractivity contribution in [1.82, 2.24) is 4.83 Å². The van der Waals surface area contributed by atoms with Crippen LogP contribution in [-0.4, -0.2) is 26.8 Å². The van der Waals surface area contributed by atoms with Crippen LogP contribution >= 0.6 is 0 Å². The second-order valence-electron chi connectivity index (χ2n) is 3.04. The first-order valence-corrected chi connectivity index (χ1v) is 5.58. The second-order valence-corrected chi connectivity index (χ2v) is 4.77. The molecule has 1 rings (SSSR count). The molecule has 0 bridgehead atoms. The van der Waals surface area contributed by atoms with Gasteiger partial charge in [0.1, 0.15) is 0 Å². The summed E-state index contributed by atoms with van der Waals surface area (Å²) in [6.45, 7) is 0. The van der Waals surface area contributed by atoms with Gasteiger partial charge in [0.05, 0.1) is 6.26 Å². The number of halogens is 2. The van der Waals surface area contributed by atoms with Gasteiger partial charge >= 0.3 is 0 Å². The van der Waals surface area contributed by atoms with Crippen molar-refractivity contribution in [3.05, 3.63) is 0 Å². The number of nitrogens with one attached hydrogen (secondary N) is 1. The number of nitrogens with zero attached hydrogens (tertiary/aromatic N) is 1. The van der Waals surface area contributed by atoms with Crippen molar-refractivity contribution in [3.63, 3.8) is 0 Å². The normalized spacial score (nSPS) is 22.8. The molecule has 1 N–H and O–H groups in total. The fourth-order valence-electron chi connectivity index (χ4n) is 0.962. The van der Waals surface area contributed by atoms with Crippen LogP contribution in [0.1, 0.15) is 12.8 Å². The molecule has 0 unspecified atom stereocenters. The lowest BCUT2D eigenvalue weighted by atomic mass is 9.84. The van der Waals surface area contributed by atoms with Crippen LogP contribution in [0.3, 0.4) is 0 Å². The van der Waals surface area contributed by atoms with E-state index in [0.717, 1.165) is 6.26 Å². The minimum absolute atomic E-state index is 0.181. The Morgan fingerprint density at radius 3 is 2.46 bits per heavy atom. The first-order valence-electron chi connectivity index (χ1n) is 3.69. The molecule has 76 valence electrons. The molecular weight excluding hydrogens is 202 g/mol. The standard InChI is InChI=1S/C6H10F2N2O2S/c1-13(11,12)10-9-5-2-4(3-5)6(7)8/h4,6,10H,2-3H2,1H3. The maximum absolute atomic E-state index is 11.9. The van der Waals surface area contributed by atoms with E-state index in [1.165, 1.54) is 0 Å². The van der Waals surface area contributed by atoms with Crippen LogP contribution in [0.25, 0.3) is 0 Å². The van der Waals surface area contributed by atoms with Gasteiger partial charge in [-0.05, 0) is 12.8 Å². The van der Waals surface area contributed by atoms with Gasteiger partial charge in [-0.1, -0.05) is 0 Å². The quantitative estimate of drug-likeness (QED) is 0.695. The predicted octanol–water partition coefficient (Wildman–Crippen LogP) is 0.567. The molecule has 1 aliphatic rings. The Bertz CT molecular complexity index is 305. The van der Waals surface area contributed by atoms with Crippen LogP contribution in [0, 0.1) is 5.92 Å². The molecule has 13 heavy (non-hydrogen) atoms. The summed E-state index contributed by atoms with van der Waals surface area (Å²) in [4.78, 5) is 1.90. The summed E-state index contributed by atoms with van der Waals surface area (Å²) in [5.74, 6) is -0.653. The number of hydrazone groups is 1. The summed E-state index contributed by atoms with van der Waals surface area (Å²) in [5.41, 5.74) is 0.482. The largest absolute Gasteiger partial charge is 0.244 e. The van der Waals surface area contributed by atoms with Gasteiger partial charge in [-0.25, -0.2) is 22.0 Å². The molecule has 0 aliphatic heterocycles. The molecule has 1 saturated carbocycles. The summed E-state index contributed by atoms with van der Waals surface area (Å²) < 4.78 is 44.9. The molecular formula is C6H10F2N2O2S. The highest BCUT2D eigenvalue weighted by atomic mass is 32.2. The van der Waals surface area contributed by atoms with Gasteiger partial charge in [-0.15, -0.1) is 0 Å². The molecule has 1 fully saturated rings.